The van der Waals surface area contributed by atoms with Gasteiger partial charge in [0.15, 0.2) is 4.99 Å². The molecule has 1 saturated carbocycles. The molecule has 3 heterocycles. The second kappa shape index (κ2) is 9.56. The highest BCUT2D eigenvalue weighted by Gasteiger charge is 2.38. The van der Waals surface area contributed by atoms with E-state index in [0.717, 1.165) is 47.0 Å². The highest BCUT2D eigenvalue weighted by molar-refractivity contribution is 8.10. The smallest absolute Gasteiger partial charge is 0.272 e. The van der Waals surface area contributed by atoms with Gasteiger partial charge in [0, 0.05) is 30.6 Å². The fourth-order valence-electron chi connectivity index (χ4n) is 4.53. The summed E-state index contributed by atoms with van der Waals surface area (Å²) in [5, 5.41) is 0.852. The number of ketones is 1. The molecule has 178 valence electrons. The number of aromatic nitrogens is 1. The number of thiazole rings is 1. The zero-order valence-electron chi connectivity index (χ0n) is 19.0. The Morgan fingerprint density at radius 2 is 2.00 bits per heavy atom. The van der Waals surface area contributed by atoms with Crippen molar-refractivity contribution in [1.29, 1.82) is 0 Å². The Labute approximate surface area is 216 Å². The minimum atomic E-state index is -0.151. The lowest BCUT2D eigenvalue weighted by molar-refractivity contribution is -0.108. The topological polar surface area (TPSA) is 54.8 Å². The molecule has 0 bridgehead atoms. The molecule has 0 spiro atoms. The van der Waals surface area contributed by atoms with Crippen LogP contribution >= 0.6 is 47.3 Å². The Balaban J connectivity index is 1.65. The number of thiocarbonyl (C=S) groups is 1. The summed E-state index contributed by atoms with van der Waals surface area (Å²) in [5.41, 5.74) is 0.879. The third kappa shape index (κ3) is 3.94. The van der Waals surface area contributed by atoms with Crippen LogP contribution in [0.2, 0.25) is 0 Å². The van der Waals surface area contributed by atoms with Crippen LogP contribution in [-0.2, 0) is 11.3 Å². The predicted molar refractivity (Wildman–Crippen MR) is 146 cm³/mol. The minimum Gasteiger partial charge on any atom is -0.497 e. The molecule has 1 aromatic carbocycles. The van der Waals surface area contributed by atoms with Gasteiger partial charge >= 0.3 is 0 Å². The summed E-state index contributed by atoms with van der Waals surface area (Å²) >= 11 is 9.91. The van der Waals surface area contributed by atoms with Crippen LogP contribution < -0.4 is 24.4 Å². The maximum absolute atomic E-state index is 13.6. The largest absolute Gasteiger partial charge is 0.497 e. The van der Waals surface area contributed by atoms with Gasteiger partial charge in [0.2, 0.25) is 5.78 Å². The average Bonchev–Trinajstić information content (AvgIpc) is 3.46. The summed E-state index contributed by atoms with van der Waals surface area (Å²) in [6.07, 6.45) is 7.33. The summed E-state index contributed by atoms with van der Waals surface area (Å²) in [6, 6.07) is 6.17. The molecule has 0 unspecified atom stereocenters. The van der Waals surface area contributed by atoms with Crippen molar-refractivity contribution in [3.8, 4) is 5.75 Å². The maximum atomic E-state index is 13.6. The van der Waals surface area contributed by atoms with Gasteiger partial charge in [0.25, 0.3) is 5.56 Å². The van der Waals surface area contributed by atoms with Crippen molar-refractivity contribution in [1.82, 2.24) is 8.87 Å². The number of hydrogen-bond donors (Lipinski definition) is 0. The van der Waals surface area contributed by atoms with Gasteiger partial charge in [-0.1, -0.05) is 49.3 Å². The van der Waals surface area contributed by atoms with Crippen molar-refractivity contribution in [3.63, 3.8) is 0 Å². The monoisotopic (exact) mass is 531 g/mol. The number of rotatable bonds is 4. The quantitative estimate of drug-likeness (QED) is 0.336. The molecule has 2 aromatic rings. The molecule has 3 aliphatic rings. The van der Waals surface area contributed by atoms with E-state index < -0.39 is 0 Å². The summed E-state index contributed by atoms with van der Waals surface area (Å²) < 4.78 is 10.3. The Bertz CT molecular complexity index is 1370. The number of ether oxygens (including phenoxy) is 1. The van der Waals surface area contributed by atoms with E-state index in [1.807, 2.05) is 34.5 Å². The van der Waals surface area contributed by atoms with E-state index in [0.29, 0.717) is 25.6 Å². The summed E-state index contributed by atoms with van der Waals surface area (Å²) in [4.78, 5) is 30.8. The number of fused-ring (bicyclic) bond motifs is 1. The molecule has 1 aromatic heterocycles. The van der Waals surface area contributed by atoms with Crippen molar-refractivity contribution in [3.05, 3.63) is 50.4 Å². The Hall–Kier alpha value is -2.01. The molecule has 0 N–H and O–H groups in total. The van der Waals surface area contributed by atoms with Gasteiger partial charge in [-0.2, -0.15) is 0 Å². The normalized spacial score (nSPS) is 21.9. The molecule has 2 fully saturated rings. The summed E-state index contributed by atoms with van der Waals surface area (Å²) in [7, 11) is 3.59. The molecule has 6 nitrogen and oxygen atoms in total. The molecule has 10 heteroatoms. The van der Waals surface area contributed by atoms with Gasteiger partial charge < -0.3 is 9.64 Å². The SMILES string of the molecule is C=CCn1c(=C2SN(C3CCCCC3)C(=S)C2=O)sc(=C2Sc3ccc(OC)cc3N2C)c1=O. The van der Waals surface area contributed by atoms with E-state index in [1.165, 1.54) is 29.7 Å². The number of carbonyl (C=O) groups excluding carboxylic acids is 1. The van der Waals surface area contributed by atoms with Crippen LogP contribution in [0.15, 0.2) is 40.5 Å². The fraction of sp³-hybridized carbons (Fsp3) is 0.375. The number of carbonyl (C=O) groups is 1. The van der Waals surface area contributed by atoms with E-state index in [2.05, 4.69) is 6.58 Å². The van der Waals surface area contributed by atoms with Crippen LogP contribution in [0.5, 0.6) is 5.75 Å². The second-order valence-electron chi connectivity index (χ2n) is 8.41. The van der Waals surface area contributed by atoms with Crippen LogP contribution in [-0.4, -0.2) is 39.8 Å². The second-order valence-corrected chi connectivity index (χ2v) is 11.8. The van der Waals surface area contributed by atoms with Crippen LogP contribution in [0.4, 0.5) is 5.69 Å². The maximum Gasteiger partial charge on any atom is 0.272 e. The molecule has 0 radical (unpaired) electrons. The van der Waals surface area contributed by atoms with Crippen molar-refractivity contribution >= 4 is 73.7 Å². The van der Waals surface area contributed by atoms with Crippen LogP contribution in [0.3, 0.4) is 0 Å². The first kappa shape index (κ1) is 23.7. The van der Waals surface area contributed by atoms with Crippen molar-refractivity contribution in [2.24, 2.45) is 0 Å². The number of Topliss-reactive ketones (excluding diaryl/α,β-unsaturated/α-hetero) is 1. The number of hydrogen-bond acceptors (Lipinski definition) is 8. The van der Waals surface area contributed by atoms with E-state index in [1.54, 1.807) is 29.5 Å². The molecule has 5 rings (SSSR count). The van der Waals surface area contributed by atoms with E-state index in [9.17, 15) is 9.59 Å². The average molecular weight is 532 g/mol. The Morgan fingerprint density at radius 1 is 1.24 bits per heavy atom. The lowest BCUT2D eigenvalue weighted by Gasteiger charge is -2.30. The molecule has 0 amide bonds. The number of methoxy groups -OCH3 is 1. The molecule has 34 heavy (non-hydrogen) atoms. The number of anilines is 1. The number of nitrogens with zero attached hydrogens (tertiary/aromatic N) is 3. The molecular formula is C24H25N3O3S4. The summed E-state index contributed by atoms with van der Waals surface area (Å²) in [6.45, 7) is 4.17. The third-order valence-corrected chi connectivity index (χ3v) is 10.7. The van der Waals surface area contributed by atoms with Gasteiger partial charge in [-0.25, -0.2) is 0 Å². The van der Waals surface area contributed by atoms with Crippen molar-refractivity contribution < 1.29 is 9.53 Å². The van der Waals surface area contributed by atoms with Gasteiger partial charge in [0.05, 0.1) is 12.8 Å². The number of thioether (sulfide) groups is 1. The first-order chi connectivity index (χ1) is 16.4. The van der Waals surface area contributed by atoms with Crippen LogP contribution in [0.25, 0.3) is 9.93 Å². The van der Waals surface area contributed by atoms with Crippen LogP contribution in [0.1, 0.15) is 32.1 Å². The zero-order chi connectivity index (χ0) is 24.0. The fourth-order valence-corrected chi connectivity index (χ4v) is 8.67. The lowest BCUT2D eigenvalue weighted by atomic mass is 9.95. The number of allylic oxidation sites excluding steroid dienone is 1. The van der Waals surface area contributed by atoms with E-state index >= 15 is 0 Å². The first-order valence-corrected chi connectivity index (χ1v) is 14.0. The Morgan fingerprint density at radius 3 is 2.71 bits per heavy atom. The predicted octanol–water partition coefficient (Wildman–Crippen LogP) is 3.71. The van der Waals surface area contributed by atoms with Crippen molar-refractivity contribution in [2.45, 2.75) is 49.6 Å². The first-order valence-electron chi connectivity index (χ1n) is 11.2. The standard InChI is InChI=1S/C24H25N3O3S4/c1-4-12-26-21(29)20(23-25(2)16-13-15(30-3)10-11-17(16)32-23)33-24(26)19-18(28)22(31)27(34-19)14-8-6-5-7-9-14/h4,10-11,13-14H,1,5-9,12H2,2-3H3. The Kier molecular flexibility index (Phi) is 6.67. The van der Waals surface area contributed by atoms with E-state index in [-0.39, 0.29) is 17.4 Å². The molecular weight excluding hydrogens is 507 g/mol. The van der Waals surface area contributed by atoms with Gasteiger partial charge in [-0.05, 0) is 36.9 Å². The van der Waals surface area contributed by atoms with Crippen molar-refractivity contribution in [2.75, 3.05) is 19.1 Å². The van der Waals surface area contributed by atoms with Crippen LogP contribution in [0, 0.1) is 0 Å². The van der Waals surface area contributed by atoms with Gasteiger partial charge in [-0.3, -0.25) is 18.5 Å². The molecule has 2 aliphatic heterocycles. The zero-order valence-corrected chi connectivity index (χ0v) is 22.3. The number of benzene rings is 1. The molecule has 1 aliphatic carbocycles. The highest BCUT2D eigenvalue weighted by atomic mass is 32.2. The van der Waals surface area contributed by atoms with E-state index in [4.69, 9.17) is 17.0 Å². The minimum absolute atomic E-state index is 0.114. The van der Waals surface area contributed by atoms with Gasteiger partial charge in [-0.15, -0.1) is 17.9 Å². The third-order valence-electron chi connectivity index (χ3n) is 6.32. The summed E-state index contributed by atoms with van der Waals surface area (Å²) in [5.74, 6) is 0.616. The highest BCUT2D eigenvalue weighted by Crippen LogP contribution is 2.46. The lowest BCUT2D eigenvalue weighted by Crippen LogP contribution is -2.34. The molecule has 0 atom stereocenters. The van der Waals surface area contributed by atoms with Gasteiger partial charge in [0.1, 0.15) is 24.9 Å². The molecule has 1 saturated heterocycles.